The molecule has 1 aliphatic heterocycles. The fourth-order valence-electron chi connectivity index (χ4n) is 1.94. The van der Waals surface area contributed by atoms with Crippen molar-refractivity contribution in [2.45, 2.75) is 46.2 Å². The Morgan fingerprint density at radius 1 is 1.26 bits per heavy atom. The first-order chi connectivity index (χ1) is 8.94. The van der Waals surface area contributed by atoms with Gasteiger partial charge in [-0.2, -0.15) is 0 Å². The molecule has 1 aromatic heterocycles. The minimum atomic E-state index is 0.107. The van der Waals surface area contributed by atoms with Gasteiger partial charge in [0.15, 0.2) is 0 Å². The minimum absolute atomic E-state index is 0.107. The lowest BCUT2D eigenvalue weighted by Crippen LogP contribution is -2.35. The van der Waals surface area contributed by atoms with Gasteiger partial charge in [0.05, 0.1) is 18.1 Å². The van der Waals surface area contributed by atoms with Gasteiger partial charge in [0.2, 0.25) is 0 Å². The van der Waals surface area contributed by atoms with Crippen molar-refractivity contribution in [1.29, 1.82) is 0 Å². The van der Waals surface area contributed by atoms with E-state index in [1.807, 2.05) is 12.4 Å². The lowest BCUT2D eigenvalue weighted by Gasteiger charge is -2.26. The highest BCUT2D eigenvalue weighted by Gasteiger charge is 2.12. The molecule has 1 aromatic rings. The predicted octanol–water partition coefficient (Wildman–Crippen LogP) is 2.52. The molecule has 0 saturated carbocycles. The van der Waals surface area contributed by atoms with Gasteiger partial charge in [-0.15, -0.1) is 0 Å². The monoisotopic (exact) mass is 260 g/mol. The third-order valence-electron chi connectivity index (χ3n) is 3.25. The van der Waals surface area contributed by atoms with Gasteiger partial charge in [-0.3, -0.25) is 4.98 Å². The number of hydrogen-bond acceptors (Lipinski definition) is 4. The van der Waals surface area contributed by atoms with Crippen LogP contribution in [0.25, 0.3) is 0 Å². The number of nitrogens with one attached hydrogen (secondary N) is 1. The average Bonchev–Trinajstić information content (AvgIpc) is 2.37. The molecule has 0 spiro atoms. The van der Waals surface area contributed by atoms with Crippen molar-refractivity contribution in [1.82, 2.24) is 15.3 Å². The Bertz CT molecular complexity index is 442. The summed E-state index contributed by atoms with van der Waals surface area (Å²) in [5.74, 6) is 0.975. The Morgan fingerprint density at radius 2 is 2.05 bits per heavy atom. The molecule has 104 valence electrons. The third-order valence-corrected chi connectivity index (χ3v) is 3.25. The number of hydrogen-bond donors (Lipinski definition) is 1. The van der Waals surface area contributed by atoms with Crippen LogP contribution >= 0.6 is 0 Å². The van der Waals surface area contributed by atoms with Crippen LogP contribution in [0.3, 0.4) is 0 Å². The Hall–Kier alpha value is -1.42. The van der Waals surface area contributed by atoms with Crippen LogP contribution in [0, 0.1) is 0 Å². The van der Waals surface area contributed by atoms with E-state index in [1.165, 1.54) is 5.57 Å². The number of anilines is 1. The zero-order valence-corrected chi connectivity index (χ0v) is 12.4. The zero-order chi connectivity index (χ0) is 13.9. The summed E-state index contributed by atoms with van der Waals surface area (Å²) in [6.07, 6.45) is 7.14. The normalized spacial score (nSPS) is 16.4. The van der Waals surface area contributed by atoms with Crippen molar-refractivity contribution >= 4 is 5.82 Å². The molecule has 1 N–H and O–H groups in total. The molecule has 2 rings (SSSR count). The van der Waals surface area contributed by atoms with Gasteiger partial charge < -0.3 is 10.2 Å². The van der Waals surface area contributed by atoms with E-state index in [1.54, 1.807) is 0 Å². The molecule has 0 aromatic carbocycles. The Morgan fingerprint density at radius 3 is 2.58 bits per heavy atom. The fourth-order valence-corrected chi connectivity index (χ4v) is 1.94. The van der Waals surface area contributed by atoms with Crippen molar-refractivity contribution in [2.24, 2.45) is 0 Å². The van der Waals surface area contributed by atoms with E-state index < -0.39 is 0 Å². The van der Waals surface area contributed by atoms with Crippen LogP contribution in [0.4, 0.5) is 5.82 Å². The number of aromatic nitrogens is 2. The van der Waals surface area contributed by atoms with E-state index in [9.17, 15) is 0 Å². The first kappa shape index (κ1) is 14.0. The Balaban J connectivity index is 1.95. The van der Waals surface area contributed by atoms with Crippen LogP contribution in [-0.4, -0.2) is 28.6 Å². The second-order valence-electron chi connectivity index (χ2n) is 6.22. The van der Waals surface area contributed by atoms with Crippen LogP contribution < -0.4 is 10.2 Å². The molecule has 0 saturated heterocycles. The summed E-state index contributed by atoms with van der Waals surface area (Å²) in [6.45, 7) is 11.4. The second-order valence-corrected chi connectivity index (χ2v) is 6.22. The summed E-state index contributed by atoms with van der Waals surface area (Å²) in [5.41, 5.74) is 2.56. The van der Waals surface area contributed by atoms with Crippen LogP contribution in [0.15, 0.2) is 24.0 Å². The molecule has 4 heteroatoms. The first-order valence-electron chi connectivity index (χ1n) is 6.90. The molecule has 0 unspecified atom stereocenters. The maximum absolute atomic E-state index is 4.52. The van der Waals surface area contributed by atoms with Crippen LogP contribution in [0.2, 0.25) is 0 Å². The fraction of sp³-hybridized carbons (Fsp3) is 0.600. The molecule has 0 fully saturated rings. The molecule has 4 nitrogen and oxygen atoms in total. The van der Waals surface area contributed by atoms with Gasteiger partial charge in [0.1, 0.15) is 5.82 Å². The summed E-state index contributed by atoms with van der Waals surface area (Å²) in [5, 5.41) is 3.42. The van der Waals surface area contributed by atoms with Crippen molar-refractivity contribution in [3.8, 4) is 0 Å². The summed E-state index contributed by atoms with van der Waals surface area (Å²) in [7, 11) is 0. The van der Waals surface area contributed by atoms with Gasteiger partial charge in [-0.05, 0) is 34.1 Å². The molecular weight excluding hydrogens is 236 g/mol. The van der Waals surface area contributed by atoms with E-state index >= 15 is 0 Å². The number of nitrogens with zero attached hydrogens (tertiary/aromatic N) is 3. The molecule has 0 aliphatic carbocycles. The largest absolute Gasteiger partial charge is 0.351 e. The topological polar surface area (TPSA) is 41.1 Å². The first-order valence-corrected chi connectivity index (χ1v) is 6.90. The zero-order valence-electron chi connectivity index (χ0n) is 12.4. The Kier molecular flexibility index (Phi) is 4.20. The SMILES string of the molecule is CC1=CCN(c2cnc(CNC(C)(C)C)cn2)CC1. The quantitative estimate of drug-likeness (QED) is 0.848. The lowest BCUT2D eigenvalue weighted by molar-refractivity contribution is 0.421. The van der Waals surface area contributed by atoms with E-state index in [2.05, 4.69) is 54.0 Å². The van der Waals surface area contributed by atoms with Crippen LogP contribution in [0.1, 0.15) is 39.8 Å². The molecule has 0 radical (unpaired) electrons. The summed E-state index contributed by atoms with van der Waals surface area (Å²) in [4.78, 5) is 11.3. The molecule has 0 bridgehead atoms. The maximum Gasteiger partial charge on any atom is 0.147 e. The molecular formula is C15H24N4. The standard InChI is InChI=1S/C15H24N4/c1-12-5-7-19(8-6-12)14-11-16-13(9-17-14)10-18-15(2,3)4/h5,9,11,18H,6-8,10H2,1-4H3. The molecule has 1 aliphatic rings. The highest BCUT2D eigenvalue weighted by Crippen LogP contribution is 2.16. The van der Waals surface area contributed by atoms with Gasteiger partial charge in [-0.1, -0.05) is 11.6 Å². The van der Waals surface area contributed by atoms with Crippen molar-refractivity contribution < 1.29 is 0 Å². The minimum Gasteiger partial charge on any atom is -0.351 e. The van der Waals surface area contributed by atoms with Gasteiger partial charge in [0, 0.05) is 25.2 Å². The second kappa shape index (κ2) is 5.70. The van der Waals surface area contributed by atoms with Crippen molar-refractivity contribution in [2.75, 3.05) is 18.0 Å². The van der Waals surface area contributed by atoms with Gasteiger partial charge in [0.25, 0.3) is 0 Å². The molecule has 0 amide bonds. The van der Waals surface area contributed by atoms with Crippen LogP contribution in [0.5, 0.6) is 0 Å². The van der Waals surface area contributed by atoms with Crippen molar-refractivity contribution in [3.05, 3.63) is 29.7 Å². The summed E-state index contributed by atoms with van der Waals surface area (Å²) in [6, 6.07) is 0. The Labute approximate surface area is 115 Å². The van der Waals surface area contributed by atoms with E-state index in [0.717, 1.165) is 37.6 Å². The lowest BCUT2D eigenvalue weighted by atomic mass is 10.1. The highest BCUT2D eigenvalue weighted by molar-refractivity contribution is 5.38. The van der Waals surface area contributed by atoms with E-state index in [4.69, 9.17) is 0 Å². The average molecular weight is 260 g/mol. The predicted molar refractivity (Wildman–Crippen MR) is 79.2 cm³/mol. The van der Waals surface area contributed by atoms with E-state index in [0.29, 0.717) is 0 Å². The van der Waals surface area contributed by atoms with Gasteiger partial charge >= 0.3 is 0 Å². The molecule has 2 heterocycles. The highest BCUT2D eigenvalue weighted by atomic mass is 15.2. The van der Waals surface area contributed by atoms with Gasteiger partial charge in [-0.25, -0.2) is 4.98 Å². The maximum atomic E-state index is 4.52. The number of rotatable bonds is 3. The molecule has 0 atom stereocenters. The summed E-state index contributed by atoms with van der Waals surface area (Å²) < 4.78 is 0. The smallest absolute Gasteiger partial charge is 0.147 e. The molecule has 19 heavy (non-hydrogen) atoms. The van der Waals surface area contributed by atoms with Crippen LogP contribution in [-0.2, 0) is 6.54 Å². The van der Waals surface area contributed by atoms with E-state index in [-0.39, 0.29) is 5.54 Å². The summed E-state index contributed by atoms with van der Waals surface area (Å²) >= 11 is 0. The third kappa shape index (κ3) is 4.31. The van der Waals surface area contributed by atoms with Crippen molar-refractivity contribution in [3.63, 3.8) is 0 Å².